The number of aromatic nitrogens is 2. The first-order valence-corrected chi connectivity index (χ1v) is 8.64. The lowest BCUT2D eigenvalue weighted by molar-refractivity contribution is -0.123. The predicted octanol–water partition coefficient (Wildman–Crippen LogP) is 2.88. The maximum Gasteiger partial charge on any atom is 0.239 e. The molecule has 2 N–H and O–H groups in total. The fraction of sp³-hybridized carbons (Fsp3) is 0.389. The molecule has 2 aromatic heterocycles. The van der Waals surface area contributed by atoms with Crippen molar-refractivity contribution in [2.75, 3.05) is 25.5 Å². The van der Waals surface area contributed by atoms with Gasteiger partial charge < -0.3 is 15.4 Å². The smallest absolute Gasteiger partial charge is 0.239 e. The second-order valence-electron chi connectivity index (χ2n) is 6.57. The molecule has 0 spiro atoms. The van der Waals surface area contributed by atoms with Crippen molar-refractivity contribution < 1.29 is 13.9 Å². The number of pyridine rings is 2. The number of methoxy groups -OCH3 is 1. The van der Waals surface area contributed by atoms with E-state index in [0.717, 1.165) is 5.56 Å². The molecule has 0 aromatic carbocycles. The summed E-state index contributed by atoms with van der Waals surface area (Å²) in [6.45, 7) is 4.72. The van der Waals surface area contributed by atoms with Gasteiger partial charge in [-0.15, -0.1) is 0 Å². The molecule has 1 fully saturated rings. The molecule has 1 aliphatic heterocycles. The third kappa shape index (κ3) is 3.24. The van der Waals surface area contributed by atoms with E-state index in [1.807, 2.05) is 13.8 Å². The van der Waals surface area contributed by atoms with Gasteiger partial charge in [-0.2, -0.15) is 4.39 Å². The van der Waals surface area contributed by atoms with Crippen molar-refractivity contribution >= 4 is 23.2 Å². The number of hydrogen-bond acceptors (Lipinski definition) is 5. The average Bonchev–Trinajstić information content (AvgIpc) is 2.55. The molecule has 26 heavy (non-hydrogen) atoms. The van der Waals surface area contributed by atoms with Crippen LogP contribution in [0.25, 0.3) is 0 Å². The molecule has 1 aliphatic rings. The molecule has 6 nitrogen and oxygen atoms in total. The van der Waals surface area contributed by atoms with Crippen LogP contribution < -0.4 is 15.4 Å². The number of anilines is 1. The van der Waals surface area contributed by atoms with Crippen molar-refractivity contribution in [2.24, 2.45) is 0 Å². The van der Waals surface area contributed by atoms with E-state index in [0.29, 0.717) is 30.2 Å². The molecular weight excluding hydrogens is 359 g/mol. The molecule has 1 amide bonds. The molecule has 3 heterocycles. The molecule has 0 aliphatic carbocycles. The summed E-state index contributed by atoms with van der Waals surface area (Å²) in [4.78, 5) is 21.2. The van der Waals surface area contributed by atoms with Crippen molar-refractivity contribution in [3.05, 3.63) is 46.8 Å². The van der Waals surface area contributed by atoms with Gasteiger partial charge in [0.2, 0.25) is 11.9 Å². The molecule has 3 rings (SSSR count). The molecule has 8 heteroatoms. The molecule has 138 valence electrons. The average molecular weight is 379 g/mol. The molecule has 0 radical (unpaired) electrons. The zero-order chi connectivity index (χ0) is 18.9. The van der Waals surface area contributed by atoms with Crippen LogP contribution >= 0.6 is 11.6 Å². The van der Waals surface area contributed by atoms with Crippen LogP contribution in [0.3, 0.4) is 0 Å². The van der Waals surface area contributed by atoms with Gasteiger partial charge in [0, 0.05) is 19.2 Å². The molecule has 0 atom stereocenters. The van der Waals surface area contributed by atoms with Crippen molar-refractivity contribution in [2.45, 2.75) is 25.2 Å². The summed E-state index contributed by atoms with van der Waals surface area (Å²) in [5, 5.41) is 6.19. The first-order valence-electron chi connectivity index (χ1n) is 8.26. The lowest BCUT2D eigenvalue weighted by Crippen LogP contribution is -2.64. The highest BCUT2D eigenvalue weighted by molar-refractivity contribution is 6.29. The number of nitrogens with zero attached hydrogens (tertiary/aromatic N) is 2. The second-order valence-corrected chi connectivity index (χ2v) is 6.96. The van der Waals surface area contributed by atoms with Gasteiger partial charge in [0.1, 0.15) is 22.0 Å². The number of hydrogen-bond donors (Lipinski definition) is 2. The Hall–Kier alpha value is -2.25. The van der Waals surface area contributed by atoms with Gasteiger partial charge in [-0.25, -0.2) is 9.97 Å². The van der Waals surface area contributed by atoms with E-state index in [-0.39, 0.29) is 17.0 Å². The van der Waals surface area contributed by atoms with Gasteiger partial charge in [0.25, 0.3) is 0 Å². The van der Waals surface area contributed by atoms with E-state index in [9.17, 15) is 9.18 Å². The fourth-order valence-electron chi connectivity index (χ4n) is 3.02. The van der Waals surface area contributed by atoms with Gasteiger partial charge >= 0.3 is 0 Å². The number of amides is 1. The van der Waals surface area contributed by atoms with Crippen LogP contribution in [0.1, 0.15) is 31.0 Å². The van der Waals surface area contributed by atoms with Crippen LogP contribution in [0.5, 0.6) is 5.75 Å². The van der Waals surface area contributed by atoms with E-state index in [1.165, 1.54) is 25.4 Å². The molecular formula is C18H20ClFN4O2. The number of nitrogens with one attached hydrogen (secondary N) is 2. The van der Waals surface area contributed by atoms with Gasteiger partial charge in [0.15, 0.2) is 0 Å². The Morgan fingerprint density at radius 2 is 2.15 bits per heavy atom. The number of ether oxygens (including phenoxy) is 1. The number of rotatable bonds is 5. The highest BCUT2D eigenvalue weighted by Gasteiger charge is 2.49. The van der Waals surface area contributed by atoms with Gasteiger partial charge in [0.05, 0.1) is 19.0 Å². The highest BCUT2D eigenvalue weighted by Crippen LogP contribution is 2.35. The van der Waals surface area contributed by atoms with Crippen molar-refractivity contribution in [3.63, 3.8) is 0 Å². The van der Waals surface area contributed by atoms with E-state index >= 15 is 0 Å². The van der Waals surface area contributed by atoms with Crippen LogP contribution in [0.15, 0.2) is 24.4 Å². The van der Waals surface area contributed by atoms with Crippen LogP contribution in [-0.2, 0) is 10.2 Å². The Bertz CT molecular complexity index is 840. The van der Waals surface area contributed by atoms with E-state index < -0.39 is 11.4 Å². The third-order valence-corrected chi connectivity index (χ3v) is 4.76. The molecule has 2 aromatic rings. The minimum atomic E-state index is -0.952. The predicted molar refractivity (Wildman–Crippen MR) is 97.3 cm³/mol. The Kier molecular flexibility index (Phi) is 5.11. The van der Waals surface area contributed by atoms with E-state index in [1.54, 1.807) is 6.07 Å². The molecule has 0 bridgehead atoms. The number of carbonyl (C=O) groups excluding carboxylic acids is 1. The fourth-order valence-corrected chi connectivity index (χ4v) is 3.17. The summed E-state index contributed by atoms with van der Waals surface area (Å²) in [5.74, 6) is -0.389. The summed E-state index contributed by atoms with van der Waals surface area (Å²) in [7, 11) is 1.48. The van der Waals surface area contributed by atoms with Gasteiger partial charge in [-0.1, -0.05) is 31.5 Å². The van der Waals surface area contributed by atoms with Crippen LogP contribution in [0.4, 0.5) is 10.1 Å². The first kappa shape index (κ1) is 18.5. The topological polar surface area (TPSA) is 76.1 Å². The Balaban J connectivity index is 1.99. The van der Waals surface area contributed by atoms with Gasteiger partial charge in [-0.05, 0) is 17.5 Å². The Morgan fingerprint density at radius 1 is 1.42 bits per heavy atom. The normalized spacial score (nSPS) is 15.5. The zero-order valence-electron chi connectivity index (χ0n) is 14.8. The highest BCUT2D eigenvalue weighted by atomic mass is 35.5. The Morgan fingerprint density at radius 3 is 2.73 bits per heavy atom. The van der Waals surface area contributed by atoms with Crippen molar-refractivity contribution in [1.82, 2.24) is 15.3 Å². The standard InChI is InChI=1S/C18H20ClFN4O2/c1-10(2)11-4-5-15(20)24-16(11)18(8-21-9-18)17(25)23-12-7-22-14(19)6-13(12)26-3/h4-7,10,21H,8-9H2,1-3H3,(H,23,25). The number of carbonyl (C=O) groups is 1. The van der Waals surface area contributed by atoms with Crippen LogP contribution in [-0.4, -0.2) is 36.1 Å². The zero-order valence-corrected chi connectivity index (χ0v) is 15.5. The summed E-state index contributed by atoms with van der Waals surface area (Å²) in [5.41, 5.74) is 0.761. The monoisotopic (exact) mass is 378 g/mol. The van der Waals surface area contributed by atoms with E-state index in [4.69, 9.17) is 16.3 Å². The maximum atomic E-state index is 13.8. The summed E-state index contributed by atoms with van der Waals surface area (Å²) < 4.78 is 19.1. The number of halogens is 2. The first-order chi connectivity index (χ1) is 12.4. The lowest BCUT2D eigenvalue weighted by Gasteiger charge is -2.41. The second kappa shape index (κ2) is 7.17. The summed E-state index contributed by atoms with van der Waals surface area (Å²) in [6, 6.07) is 4.53. The summed E-state index contributed by atoms with van der Waals surface area (Å²) in [6.07, 6.45) is 1.43. The minimum Gasteiger partial charge on any atom is -0.494 e. The van der Waals surface area contributed by atoms with Crippen LogP contribution in [0, 0.1) is 5.95 Å². The largest absolute Gasteiger partial charge is 0.494 e. The van der Waals surface area contributed by atoms with Crippen LogP contribution in [0.2, 0.25) is 5.15 Å². The SMILES string of the molecule is COc1cc(Cl)ncc1NC(=O)C1(c2nc(F)ccc2C(C)C)CNC1. The van der Waals surface area contributed by atoms with E-state index in [2.05, 4.69) is 20.6 Å². The third-order valence-electron chi connectivity index (χ3n) is 4.56. The Labute approximate surface area is 156 Å². The minimum absolute atomic E-state index is 0.107. The quantitative estimate of drug-likeness (QED) is 0.782. The maximum absolute atomic E-state index is 13.8. The molecule has 1 saturated heterocycles. The molecule has 0 saturated carbocycles. The molecule has 0 unspecified atom stereocenters. The lowest BCUT2D eigenvalue weighted by atomic mass is 9.74. The summed E-state index contributed by atoms with van der Waals surface area (Å²) >= 11 is 5.86. The van der Waals surface area contributed by atoms with Crippen molar-refractivity contribution in [1.29, 1.82) is 0 Å². The van der Waals surface area contributed by atoms with Gasteiger partial charge in [-0.3, -0.25) is 4.79 Å². The van der Waals surface area contributed by atoms with Crippen molar-refractivity contribution in [3.8, 4) is 5.75 Å².